The first-order valence-electron chi connectivity index (χ1n) is 28.6. The van der Waals surface area contributed by atoms with Crippen LogP contribution in [-0.4, -0.2) is 189 Å². The van der Waals surface area contributed by atoms with Crippen molar-refractivity contribution in [1.29, 1.82) is 0 Å². The average Bonchev–Trinajstić information content (AvgIpc) is 3.97. The molecule has 1 aromatic rings. The molecule has 0 radical (unpaired) electrons. The van der Waals surface area contributed by atoms with Gasteiger partial charge in [0.2, 0.25) is 53.2 Å². The maximum absolute atomic E-state index is 14.3. The fourth-order valence-corrected chi connectivity index (χ4v) is 9.89. The summed E-state index contributed by atoms with van der Waals surface area (Å²) >= 11 is 0. The summed E-state index contributed by atoms with van der Waals surface area (Å²) in [5.41, 5.74) is 22.9. The SMILES string of the molecule is CCC(C)[C@H](NC(=O)CN(CCN)C(=O)CNC(=O)[C@@H](NC(=O)[C@@H](NC(=O)[C@H](Cc1cnc[nH]1)NC(=O)[C@H](CC1CCCCC1)NC(=O)[C@H](C)NC(=O)[C@@H](N)CCCN=C(N)N)[C@@H](C)O)[C@@H](C)O)C(=O)N[C@@H](CC1CCCCC1)C(=O)O. The number of carboxylic acid groups (broad SMARTS) is 1. The monoisotopic (exact) mass is 1160 g/mol. The lowest BCUT2D eigenvalue weighted by molar-refractivity contribution is -0.143. The number of hydrogen-bond donors (Lipinski definition) is 16. The second-order valence-electron chi connectivity index (χ2n) is 21.8. The van der Waals surface area contributed by atoms with Crippen molar-refractivity contribution in [3.05, 3.63) is 18.2 Å². The molecule has 2 saturated carbocycles. The zero-order chi connectivity index (χ0) is 61.1. The lowest BCUT2D eigenvalue weighted by Gasteiger charge is -2.30. The standard InChI is InChI=1S/C53H92N16O13/c1-6-29(2)42(50(79)65-39(52(81)82)23-34-16-11-8-12-17-34)66-40(72)27-69(21-19-54)41(73)26-60-49(78)43(31(4)70)68-51(80)44(32(5)71)67-48(77)38(24-35-25-58-28-61-35)64-47(76)37(22-33-14-9-7-10-15-33)63-45(74)30(3)62-46(75)36(55)18-13-20-59-53(56)57/h25,28-34,36-39,42-44,70-71H,6-24,26-27,54-55H2,1-5H3,(H,58,61)(H,60,78)(H,62,75)(H,63,74)(H,64,76)(H,65,79)(H,66,72)(H,67,77)(H,68,80)(H,81,82)(H4,56,57,59)/t29?,30-,31+,32+,36-,37-,38-,39-,42-,43-,44-/m0/s1. The van der Waals surface area contributed by atoms with E-state index in [0.29, 0.717) is 18.5 Å². The van der Waals surface area contributed by atoms with Crippen molar-refractivity contribution < 1.29 is 63.3 Å². The zero-order valence-electron chi connectivity index (χ0n) is 48.1. The van der Waals surface area contributed by atoms with E-state index in [2.05, 4.69) is 57.5 Å². The van der Waals surface area contributed by atoms with Gasteiger partial charge in [-0.2, -0.15) is 0 Å². The van der Waals surface area contributed by atoms with E-state index in [0.717, 1.165) is 76.0 Å². The number of amides is 9. The summed E-state index contributed by atoms with van der Waals surface area (Å²) in [5.74, 6) is -9.17. The number of aromatic amines is 1. The number of guanidine groups is 1. The van der Waals surface area contributed by atoms with Crippen LogP contribution in [0.4, 0.5) is 0 Å². The number of carbonyl (C=O) groups is 10. The van der Waals surface area contributed by atoms with Crippen molar-refractivity contribution in [3.8, 4) is 0 Å². The van der Waals surface area contributed by atoms with Gasteiger partial charge >= 0.3 is 5.97 Å². The molecule has 0 aromatic carbocycles. The molecule has 11 atom stereocenters. The molecule has 2 fully saturated rings. The molecule has 29 heteroatoms. The molecule has 0 aliphatic heterocycles. The highest BCUT2D eigenvalue weighted by Crippen LogP contribution is 2.29. The van der Waals surface area contributed by atoms with Crippen LogP contribution in [0.25, 0.3) is 0 Å². The Morgan fingerprint density at radius 3 is 1.77 bits per heavy atom. The van der Waals surface area contributed by atoms with Gasteiger partial charge in [-0.25, -0.2) is 9.78 Å². The molecule has 462 valence electrons. The van der Waals surface area contributed by atoms with E-state index in [1.165, 1.54) is 26.4 Å². The maximum atomic E-state index is 14.3. The summed E-state index contributed by atoms with van der Waals surface area (Å²) < 4.78 is 0. The Hall–Kier alpha value is -6.98. The van der Waals surface area contributed by atoms with Gasteiger partial charge in [-0.15, -0.1) is 0 Å². The smallest absolute Gasteiger partial charge is 0.326 e. The number of nitrogens with two attached hydrogens (primary N) is 4. The molecular weight excluding hydrogens is 1070 g/mol. The predicted molar refractivity (Wildman–Crippen MR) is 301 cm³/mol. The van der Waals surface area contributed by atoms with Crippen LogP contribution in [0.5, 0.6) is 0 Å². The molecule has 0 saturated heterocycles. The van der Waals surface area contributed by atoms with E-state index < -0.39 is 139 Å². The van der Waals surface area contributed by atoms with Gasteiger partial charge in [0.25, 0.3) is 0 Å². The number of H-pyrrole nitrogens is 1. The number of imidazole rings is 1. The molecule has 2 aliphatic carbocycles. The molecule has 29 nitrogen and oxygen atoms in total. The summed E-state index contributed by atoms with van der Waals surface area (Å²) in [7, 11) is 0. The van der Waals surface area contributed by atoms with Gasteiger partial charge in [-0.1, -0.05) is 84.5 Å². The summed E-state index contributed by atoms with van der Waals surface area (Å²) in [6, 6.07) is -10.7. The van der Waals surface area contributed by atoms with E-state index in [1.54, 1.807) is 13.8 Å². The molecule has 9 amide bonds. The topological polar surface area (TPSA) is 476 Å². The normalized spacial score (nSPS) is 17.9. The van der Waals surface area contributed by atoms with Gasteiger partial charge in [-0.3, -0.25) is 48.1 Å². The Kier molecular flexibility index (Phi) is 30.2. The largest absolute Gasteiger partial charge is 0.480 e. The number of aliphatic carboxylic acids is 1. The van der Waals surface area contributed by atoms with Crippen molar-refractivity contribution >= 4 is 65.1 Å². The first-order valence-corrected chi connectivity index (χ1v) is 28.6. The number of hydrogen-bond acceptors (Lipinski definition) is 16. The summed E-state index contributed by atoms with van der Waals surface area (Å²) in [6.07, 6.45) is 9.82. The summed E-state index contributed by atoms with van der Waals surface area (Å²) in [4.78, 5) is 147. The number of aliphatic hydroxyl groups is 2. The Balaban J connectivity index is 1.72. The molecule has 1 aromatic heterocycles. The molecule has 0 bridgehead atoms. The number of nitrogens with zero attached hydrogens (tertiary/aromatic N) is 3. The fourth-order valence-electron chi connectivity index (χ4n) is 9.89. The van der Waals surface area contributed by atoms with Crippen LogP contribution < -0.4 is 65.5 Å². The third-order valence-electron chi connectivity index (χ3n) is 14.9. The Bertz CT molecular complexity index is 2270. The second-order valence-corrected chi connectivity index (χ2v) is 21.8. The molecule has 3 rings (SSSR count). The number of nitrogens with one attached hydrogen (secondary N) is 9. The molecular formula is C53H92N16O13. The van der Waals surface area contributed by atoms with E-state index >= 15 is 0 Å². The molecule has 1 heterocycles. The highest BCUT2D eigenvalue weighted by Gasteiger charge is 2.37. The van der Waals surface area contributed by atoms with Gasteiger partial charge in [0.15, 0.2) is 5.96 Å². The van der Waals surface area contributed by atoms with Crippen molar-refractivity contribution in [2.45, 2.75) is 198 Å². The minimum Gasteiger partial charge on any atom is -0.480 e. The minimum absolute atomic E-state index is 0.0246. The van der Waals surface area contributed by atoms with Crippen molar-refractivity contribution in [2.24, 2.45) is 45.7 Å². The van der Waals surface area contributed by atoms with Gasteiger partial charge < -0.3 is 90.7 Å². The van der Waals surface area contributed by atoms with Gasteiger partial charge in [0, 0.05) is 37.9 Å². The van der Waals surface area contributed by atoms with Crippen LogP contribution in [0.1, 0.15) is 137 Å². The number of carbonyl (C=O) groups excluding carboxylic acids is 9. The minimum atomic E-state index is -1.81. The van der Waals surface area contributed by atoms with E-state index in [1.807, 2.05) is 0 Å². The molecule has 2 aliphatic rings. The lowest BCUT2D eigenvalue weighted by Crippen LogP contribution is -2.62. The molecule has 82 heavy (non-hydrogen) atoms. The lowest BCUT2D eigenvalue weighted by atomic mass is 9.84. The van der Waals surface area contributed by atoms with Crippen LogP contribution in [-0.2, 0) is 54.4 Å². The average molecular weight is 1160 g/mol. The molecule has 1 unspecified atom stereocenters. The number of rotatable bonds is 35. The molecule has 0 spiro atoms. The summed E-state index contributed by atoms with van der Waals surface area (Å²) in [6.45, 7) is 5.83. The number of aliphatic imine (C=N–C) groups is 1. The Labute approximate surface area is 479 Å². The van der Waals surface area contributed by atoms with Crippen LogP contribution in [0, 0.1) is 17.8 Å². The first-order chi connectivity index (χ1) is 38.8. The third-order valence-corrected chi connectivity index (χ3v) is 14.9. The Morgan fingerprint density at radius 2 is 1.23 bits per heavy atom. The van der Waals surface area contributed by atoms with E-state index in [4.69, 9.17) is 22.9 Å². The fraction of sp³-hybridized carbons (Fsp3) is 0.736. The van der Waals surface area contributed by atoms with Crippen molar-refractivity contribution in [2.75, 3.05) is 32.7 Å². The predicted octanol–water partition coefficient (Wildman–Crippen LogP) is -3.52. The quantitative estimate of drug-likeness (QED) is 0.0178. The van der Waals surface area contributed by atoms with Crippen LogP contribution >= 0.6 is 0 Å². The van der Waals surface area contributed by atoms with E-state index in [9.17, 15) is 63.3 Å². The van der Waals surface area contributed by atoms with Crippen molar-refractivity contribution in [1.82, 2.24) is 57.4 Å². The van der Waals surface area contributed by atoms with Gasteiger partial charge in [-0.05, 0) is 64.2 Å². The summed E-state index contributed by atoms with van der Waals surface area (Å²) in [5, 5.41) is 51.7. The third kappa shape index (κ3) is 24.2. The number of carboxylic acids is 1. The maximum Gasteiger partial charge on any atom is 0.326 e. The van der Waals surface area contributed by atoms with Gasteiger partial charge in [0.1, 0.15) is 42.3 Å². The van der Waals surface area contributed by atoms with Gasteiger partial charge in [0.05, 0.1) is 37.7 Å². The first kappa shape index (κ1) is 69.3. The highest BCUT2D eigenvalue weighted by molar-refractivity contribution is 5.98. The van der Waals surface area contributed by atoms with E-state index in [-0.39, 0.29) is 63.1 Å². The second kappa shape index (κ2) is 35.8. The van der Waals surface area contributed by atoms with Crippen LogP contribution in [0.2, 0.25) is 0 Å². The Morgan fingerprint density at radius 1 is 0.695 bits per heavy atom. The zero-order valence-corrected chi connectivity index (χ0v) is 48.1. The van der Waals surface area contributed by atoms with Crippen molar-refractivity contribution in [3.63, 3.8) is 0 Å². The van der Waals surface area contributed by atoms with Crippen LogP contribution in [0.3, 0.4) is 0 Å². The highest BCUT2D eigenvalue weighted by atomic mass is 16.4. The number of aliphatic hydroxyl groups excluding tert-OH is 2. The molecule has 20 N–H and O–H groups in total. The van der Waals surface area contributed by atoms with Crippen LogP contribution in [0.15, 0.2) is 17.5 Å². The number of aromatic nitrogens is 2.